The highest BCUT2D eigenvalue weighted by atomic mass is 16.5. The Morgan fingerprint density at radius 1 is 1.07 bits per heavy atom. The number of aliphatic hydroxyl groups excluding tert-OH is 2. The van der Waals surface area contributed by atoms with Crippen LogP contribution >= 0.6 is 0 Å². The first-order valence-electron chi connectivity index (χ1n) is 14.4. The lowest BCUT2D eigenvalue weighted by molar-refractivity contribution is -0.147. The lowest BCUT2D eigenvalue weighted by Gasteiger charge is -2.46. The number of nitrogens with zero attached hydrogens (tertiary/aromatic N) is 1. The average Bonchev–Trinajstić information content (AvgIpc) is 2.89. The summed E-state index contributed by atoms with van der Waals surface area (Å²) in [5.41, 5.74) is -0.0556. The molecule has 43 heavy (non-hydrogen) atoms. The molecule has 0 aliphatic heterocycles. The van der Waals surface area contributed by atoms with E-state index in [1.807, 2.05) is 64.0 Å². The molecule has 0 radical (unpaired) electrons. The quantitative estimate of drug-likeness (QED) is 0.369. The Hall–Kier alpha value is -3.95. The standard InChI is InChI=1S/C34H39NO8/c1-16(36)26-24(37)13-19-11-18-12-22-20(21-10-17(15-35(5)6)8-9-25(21)43-7)14-23(33(2,3)4)29(38)28(22)30(39)27(18)32(41)34(19,42)31(26)40/h8-10,14,18-19,38-40,42H,11-13,15H2,1-7H3/t18-,19+,34-/m1/s1. The zero-order chi connectivity index (χ0) is 31.8. The van der Waals surface area contributed by atoms with Gasteiger partial charge in [0.25, 0.3) is 0 Å². The summed E-state index contributed by atoms with van der Waals surface area (Å²) in [5.74, 6) is -4.96. The van der Waals surface area contributed by atoms with Crippen LogP contribution in [0.4, 0.5) is 0 Å². The van der Waals surface area contributed by atoms with Gasteiger partial charge in [-0.3, -0.25) is 14.4 Å². The fraction of sp³-hybridized carbons (Fsp3) is 0.441. The minimum Gasteiger partial charge on any atom is -0.508 e. The van der Waals surface area contributed by atoms with Crippen LogP contribution in [0.2, 0.25) is 0 Å². The van der Waals surface area contributed by atoms with Crippen LogP contribution < -0.4 is 4.74 Å². The van der Waals surface area contributed by atoms with Gasteiger partial charge in [-0.25, -0.2) is 0 Å². The van der Waals surface area contributed by atoms with E-state index in [0.29, 0.717) is 23.4 Å². The maximum Gasteiger partial charge on any atom is 0.202 e. The predicted molar refractivity (Wildman–Crippen MR) is 161 cm³/mol. The fourth-order valence-electron chi connectivity index (χ4n) is 7.04. The number of hydrogen-bond donors (Lipinski definition) is 4. The van der Waals surface area contributed by atoms with Gasteiger partial charge in [0.05, 0.1) is 12.7 Å². The first kappa shape index (κ1) is 30.5. The number of hydrogen-bond acceptors (Lipinski definition) is 9. The summed E-state index contributed by atoms with van der Waals surface area (Å²) in [4.78, 5) is 41.0. The van der Waals surface area contributed by atoms with E-state index >= 15 is 0 Å². The Balaban J connectivity index is 1.80. The van der Waals surface area contributed by atoms with Crippen molar-refractivity contribution < 1.29 is 39.5 Å². The zero-order valence-electron chi connectivity index (χ0n) is 25.7. The van der Waals surface area contributed by atoms with Crippen molar-refractivity contribution in [2.75, 3.05) is 21.2 Å². The van der Waals surface area contributed by atoms with Crippen LogP contribution in [-0.2, 0) is 32.8 Å². The van der Waals surface area contributed by atoms with Gasteiger partial charge in [-0.15, -0.1) is 0 Å². The van der Waals surface area contributed by atoms with Crippen LogP contribution in [0.15, 0.2) is 41.2 Å². The van der Waals surface area contributed by atoms with Crippen LogP contribution in [0.5, 0.6) is 11.5 Å². The van der Waals surface area contributed by atoms with Crippen LogP contribution in [0.25, 0.3) is 16.9 Å². The van der Waals surface area contributed by atoms with Crippen molar-refractivity contribution >= 4 is 23.1 Å². The molecule has 5 rings (SSSR count). The molecule has 1 saturated carbocycles. The minimum atomic E-state index is -2.53. The molecule has 228 valence electrons. The monoisotopic (exact) mass is 589 g/mol. The second-order valence-corrected chi connectivity index (χ2v) is 13.3. The van der Waals surface area contributed by atoms with Gasteiger partial charge < -0.3 is 30.1 Å². The van der Waals surface area contributed by atoms with Crippen molar-refractivity contribution in [2.45, 2.75) is 64.5 Å². The van der Waals surface area contributed by atoms with Crippen LogP contribution in [0, 0.1) is 11.8 Å². The Morgan fingerprint density at radius 3 is 2.33 bits per heavy atom. The molecule has 0 heterocycles. The van der Waals surface area contributed by atoms with Crippen molar-refractivity contribution in [3.05, 3.63) is 63.4 Å². The number of fused-ring (bicyclic) bond motifs is 3. The van der Waals surface area contributed by atoms with Crippen LogP contribution in [0.3, 0.4) is 0 Å². The number of Topliss-reactive ketones (excluding diaryl/α,β-unsaturated/α-hetero) is 3. The Morgan fingerprint density at radius 2 is 1.74 bits per heavy atom. The van der Waals surface area contributed by atoms with E-state index in [1.165, 1.54) is 0 Å². The van der Waals surface area contributed by atoms with Crippen LogP contribution in [0.1, 0.15) is 62.8 Å². The van der Waals surface area contributed by atoms with Gasteiger partial charge in [0.15, 0.2) is 17.2 Å². The summed E-state index contributed by atoms with van der Waals surface area (Å²) in [6.07, 6.45) is 0.0286. The second-order valence-electron chi connectivity index (χ2n) is 13.3. The van der Waals surface area contributed by atoms with E-state index in [0.717, 1.165) is 23.6 Å². The number of phenolic OH excluding ortho intramolecular Hbond substituents is 1. The number of ketones is 3. The SMILES string of the molecule is COc1ccc(CN(C)C)cc1-c1cc(C(C)(C)C)c(O)c2c1C[C@H]1C[C@H]3CC(=O)C(C(C)=O)=C(O)[C@@]3(O)C(=O)C1=C2O. The number of methoxy groups -OCH3 is 1. The molecule has 0 aromatic heterocycles. The van der Waals surface area contributed by atoms with E-state index in [4.69, 9.17) is 4.74 Å². The number of benzene rings is 2. The molecule has 9 heteroatoms. The Bertz CT molecular complexity index is 1640. The molecular weight excluding hydrogens is 550 g/mol. The van der Waals surface area contributed by atoms with E-state index < -0.39 is 57.3 Å². The third-order valence-electron chi connectivity index (χ3n) is 9.03. The fourth-order valence-corrected chi connectivity index (χ4v) is 7.04. The lowest BCUT2D eigenvalue weighted by atomic mass is 9.58. The molecular formula is C34H39NO8. The topological polar surface area (TPSA) is 145 Å². The van der Waals surface area contributed by atoms with Gasteiger partial charge >= 0.3 is 0 Å². The number of carbonyl (C=O) groups excluding carboxylic acids is 3. The molecule has 9 nitrogen and oxygen atoms in total. The summed E-state index contributed by atoms with van der Waals surface area (Å²) in [6, 6.07) is 7.78. The lowest BCUT2D eigenvalue weighted by Crippen LogP contribution is -2.57. The third-order valence-corrected chi connectivity index (χ3v) is 9.03. The Labute approximate surface area is 251 Å². The molecule has 0 saturated heterocycles. The molecule has 0 bridgehead atoms. The molecule has 2 aromatic rings. The van der Waals surface area contributed by atoms with E-state index in [-0.39, 0.29) is 36.1 Å². The molecule has 0 amide bonds. The predicted octanol–water partition coefficient (Wildman–Crippen LogP) is 4.56. The maximum absolute atomic E-state index is 14.0. The van der Waals surface area contributed by atoms with Gasteiger partial charge in [-0.05, 0) is 80.1 Å². The molecule has 4 N–H and O–H groups in total. The highest BCUT2D eigenvalue weighted by molar-refractivity contribution is 6.23. The van der Waals surface area contributed by atoms with Crippen molar-refractivity contribution in [1.29, 1.82) is 0 Å². The number of aliphatic hydroxyl groups is 3. The van der Waals surface area contributed by atoms with Gasteiger partial charge in [0, 0.05) is 35.6 Å². The van der Waals surface area contributed by atoms with Crippen LogP contribution in [-0.4, -0.2) is 69.5 Å². The zero-order valence-corrected chi connectivity index (χ0v) is 25.7. The normalized spacial score (nSPS) is 23.7. The average molecular weight is 590 g/mol. The largest absolute Gasteiger partial charge is 0.508 e. The Kier molecular flexibility index (Phi) is 7.34. The van der Waals surface area contributed by atoms with Crippen molar-refractivity contribution in [3.63, 3.8) is 0 Å². The van der Waals surface area contributed by atoms with Crippen molar-refractivity contribution in [3.8, 4) is 22.6 Å². The maximum atomic E-state index is 14.0. The number of rotatable bonds is 5. The molecule has 3 aliphatic carbocycles. The van der Waals surface area contributed by atoms with E-state index in [2.05, 4.69) is 0 Å². The summed E-state index contributed by atoms with van der Waals surface area (Å²) in [7, 11) is 5.52. The third kappa shape index (κ3) is 4.66. The van der Waals surface area contributed by atoms with E-state index in [1.54, 1.807) is 7.11 Å². The summed E-state index contributed by atoms with van der Waals surface area (Å²) in [6.45, 7) is 7.55. The summed E-state index contributed by atoms with van der Waals surface area (Å²) in [5, 5.41) is 46.0. The summed E-state index contributed by atoms with van der Waals surface area (Å²) < 4.78 is 5.76. The molecule has 3 aliphatic rings. The molecule has 1 fully saturated rings. The van der Waals surface area contributed by atoms with E-state index in [9.17, 15) is 34.8 Å². The first-order chi connectivity index (χ1) is 20.0. The molecule has 0 unspecified atom stereocenters. The van der Waals surface area contributed by atoms with Gasteiger partial charge in [-0.1, -0.05) is 26.8 Å². The first-order valence-corrected chi connectivity index (χ1v) is 14.4. The summed E-state index contributed by atoms with van der Waals surface area (Å²) >= 11 is 0. The smallest absolute Gasteiger partial charge is 0.202 e. The number of allylic oxidation sites excluding steroid dienone is 1. The van der Waals surface area contributed by atoms with Crippen molar-refractivity contribution in [2.24, 2.45) is 11.8 Å². The van der Waals surface area contributed by atoms with Crippen molar-refractivity contribution in [1.82, 2.24) is 4.90 Å². The van der Waals surface area contributed by atoms with Gasteiger partial charge in [-0.2, -0.15) is 0 Å². The number of phenols is 1. The molecule has 2 aromatic carbocycles. The number of carbonyl (C=O) groups is 3. The van der Waals surface area contributed by atoms with Gasteiger partial charge in [0.1, 0.15) is 28.6 Å². The molecule has 3 atom stereocenters. The highest BCUT2D eigenvalue weighted by Gasteiger charge is 2.60. The second kappa shape index (κ2) is 10.3. The molecule has 0 spiro atoms. The number of ether oxygens (including phenoxy) is 1. The highest BCUT2D eigenvalue weighted by Crippen LogP contribution is 2.55. The minimum absolute atomic E-state index is 0.0892. The number of aromatic hydroxyl groups is 1. The van der Waals surface area contributed by atoms with Gasteiger partial charge in [0.2, 0.25) is 5.78 Å².